The molecule has 0 unspecified atom stereocenters. The van der Waals surface area contributed by atoms with Gasteiger partial charge in [0.25, 0.3) is 0 Å². The number of nitrogens with zero attached hydrogens (tertiary/aromatic N) is 3. The van der Waals surface area contributed by atoms with E-state index < -0.39 is 6.09 Å². The first kappa shape index (κ1) is 17.9. The van der Waals surface area contributed by atoms with Crippen molar-refractivity contribution < 1.29 is 19.1 Å². The third-order valence-electron chi connectivity index (χ3n) is 2.93. The van der Waals surface area contributed by atoms with Crippen LogP contribution in [-0.4, -0.2) is 31.2 Å². The fourth-order valence-electron chi connectivity index (χ4n) is 1.84. The van der Waals surface area contributed by atoms with Gasteiger partial charge in [0.05, 0.1) is 14.2 Å². The van der Waals surface area contributed by atoms with Gasteiger partial charge in [-0.1, -0.05) is 12.1 Å². The molecule has 2 aromatic rings. The van der Waals surface area contributed by atoms with Crippen LogP contribution in [-0.2, 0) is 9.53 Å². The van der Waals surface area contributed by atoms with Gasteiger partial charge in [0.1, 0.15) is 22.9 Å². The minimum absolute atomic E-state index is 0.153. The van der Waals surface area contributed by atoms with Crippen molar-refractivity contribution in [3.8, 4) is 5.75 Å². The van der Waals surface area contributed by atoms with Crippen molar-refractivity contribution >= 4 is 35.0 Å². The standard InChI is InChI=1S/C16H17N5O4/c1-10(22)17-15-12(8-9-14(18-15)19-16(23)25-3)21-20-11-6-4-5-7-13(11)24-2/h4-9H,1-3H3,(H2,17,18,19,22,23). The molecule has 0 fully saturated rings. The summed E-state index contributed by atoms with van der Waals surface area (Å²) >= 11 is 0. The van der Waals surface area contributed by atoms with Gasteiger partial charge < -0.3 is 14.8 Å². The molecule has 0 saturated carbocycles. The predicted molar refractivity (Wildman–Crippen MR) is 91.7 cm³/mol. The zero-order valence-electron chi connectivity index (χ0n) is 13.9. The van der Waals surface area contributed by atoms with Crippen LogP contribution in [0.2, 0.25) is 0 Å². The lowest BCUT2D eigenvalue weighted by atomic mass is 10.3. The van der Waals surface area contributed by atoms with Crippen LogP contribution in [0.25, 0.3) is 0 Å². The molecule has 0 aliphatic carbocycles. The molecule has 1 heterocycles. The SMILES string of the molecule is COC(=O)Nc1ccc(N=Nc2ccccc2OC)c(NC(C)=O)n1. The van der Waals surface area contributed by atoms with Crippen LogP contribution in [0.3, 0.4) is 0 Å². The normalized spacial score (nSPS) is 10.4. The lowest BCUT2D eigenvalue weighted by Gasteiger charge is -2.08. The number of hydrogen-bond acceptors (Lipinski definition) is 7. The first-order chi connectivity index (χ1) is 12.0. The number of pyridine rings is 1. The smallest absolute Gasteiger partial charge is 0.412 e. The molecular weight excluding hydrogens is 326 g/mol. The van der Waals surface area contributed by atoms with E-state index in [4.69, 9.17) is 4.74 Å². The Morgan fingerprint density at radius 3 is 2.40 bits per heavy atom. The summed E-state index contributed by atoms with van der Waals surface area (Å²) in [6, 6.07) is 10.2. The number of carbonyl (C=O) groups excluding carboxylic acids is 2. The van der Waals surface area contributed by atoms with Crippen molar-refractivity contribution in [1.82, 2.24) is 4.98 Å². The summed E-state index contributed by atoms with van der Waals surface area (Å²) in [7, 11) is 2.77. The average molecular weight is 343 g/mol. The van der Waals surface area contributed by atoms with Crippen LogP contribution in [0.1, 0.15) is 6.92 Å². The Kier molecular flexibility index (Phi) is 5.99. The van der Waals surface area contributed by atoms with Crippen molar-refractivity contribution in [2.45, 2.75) is 6.92 Å². The van der Waals surface area contributed by atoms with Crippen molar-refractivity contribution in [3.05, 3.63) is 36.4 Å². The molecule has 130 valence electrons. The molecule has 0 aliphatic rings. The van der Waals surface area contributed by atoms with E-state index in [0.717, 1.165) is 0 Å². The Hall–Kier alpha value is -3.49. The van der Waals surface area contributed by atoms with Gasteiger partial charge in [-0.15, -0.1) is 10.2 Å². The van der Waals surface area contributed by atoms with Gasteiger partial charge in [-0.3, -0.25) is 10.1 Å². The van der Waals surface area contributed by atoms with Crippen LogP contribution >= 0.6 is 0 Å². The molecule has 1 aromatic carbocycles. The van der Waals surface area contributed by atoms with Crippen LogP contribution in [0.4, 0.5) is 27.8 Å². The molecule has 2 N–H and O–H groups in total. The Morgan fingerprint density at radius 2 is 1.72 bits per heavy atom. The fraction of sp³-hybridized carbons (Fsp3) is 0.188. The number of carbonyl (C=O) groups is 2. The fourth-order valence-corrected chi connectivity index (χ4v) is 1.84. The summed E-state index contributed by atoms with van der Waals surface area (Å²) in [4.78, 5) is 26.8. The number of benzene rings is 1. The first-order valence-electron chi connectivity index (χ1n) is 7.22. The van der Waals surface area contributed by atoms with Crippen LogP contribution in [0.15, 0.2) is 46.6 Å². The number of rotatable bonds is 5. The number of azo groups is 1. The van der Waals surface area contributed by atoms with E-state index in [1.54, 1.807) is 24.3 Å². The molecule has 9 nitrogen and oxygen atoms in total. The van der Waals surface area contributed by atoms with E-state index in [-0.39, 0.29) is 17.5 Å². The Labute approximate surface area is 144 Å². The van der Waals surface area contributed by atoms with Gasteiger partial charge >= 0.3 is 6.09 Å². The van der Waals surface area contributed by atoms with Crippen LogP contribution in [0.5, 0.6) is 5.75 Å². The predicted octanol–water partition coefficient (Wildman–Crippen LogP) is 3.64. The van der Waals surface area contributed by atoms with Gasteiger partial charge in [0.2, 0.25) is 5.91 Å². The van der Waals surface area contributed by atoms with Gasteiger partial charge in [0.15, 0.2) is 5.82 Å². The zero-order valence-corrected chi connectivity index (χ0v) is 13.9. The number of nitrogens with one attached hydrogen (secondary N) is 2. The summed E-state index contributed by atoms with van der Waals surface area (Å²) in [5.41, 5.74) is 0.840. The monoisotopic (exact) mass is 343 g/mol. The number of amides is 2. The molecule has 0 spiro atoms. The topological polar surface area (TPSA) is 114 Å². The highest BCUT2D eigenvalue weighted by molar-refractivity contribution is 5.91. The second-order valence-corrected chi connectivity index (χ2v) is 4.73. The molecule has 0 atom stereocenters. The molecule has 1 aromatic heterocycles. The van der Waals surface area contributed by atoms with Crippen molar-refractivity contribution in [1.29, 1.82) is 0 Å². The quantitative estimate of drug-likeness (QED) is 0.804. The number of hydrogen-bond donors (Lipinski definition) is 2. The lowest BCUT2D eigenvalue weighted by molar-refractivity contribution is -0.114. The van der Waals surface area contributed by atoms with Gasteiger partial charge in [-0.25, -0.2) is 9.78 Å². The van der Waals surface area contributed by atoms with Gasteiger partial charge in [-0.2, -0.15) is 0 Å². The first-order valence-corrected chi connectivity index (χ1v) is 7.22. The Bertz CT molecular complexity index is 807. The molecule has 9 heteroatoms. The van der Waals surface area contributed by atoms with Crippen LogP contribution in [0, 0.1) is 0 Å². The summed E-state index contributed by atoms with van der Waals surface area (Å²) in [6.45, 7) is 1.34. The molecule has 0 aliphatic heterocycles. The largest absolute Gasteiger partial charge is 0.494 e. The maximum absolute atomic E-state index is 11.4. The van der Waals surface area contributed by atoms with E-state index in [1.165, 1.54) is 27.2 Å². The molecule has 0 radical (unpaired) electrons. The average Bonchev–Trinajstić information content (AvgIpc) is 2.60. The highest BCUT2D eigenvalue weighted by Crippen LogP contribution is 2.31. The van der Waals surface area contributed by atoms with Crippen molar-refractivity contribution in [2.24, 2.45) is 10.2 Å². The summed E-state index contributed by atoms with van der Waals surface area (Å²) in [5.74, 6) is 0.576. The third kappa shape index (κ3) is 4.99. The third-order valence-corrected chi connectivity index (χ3v) is 2.93. The van der Waals surface area contributed by atoms with E-state index in [0.29, 0.717) is 17.1 Å². The second kappa shape index (κ2) is 8.39. The van der Waals surface area contributed by atoms with E-state index in [1.807, 2.05) is 6.07 Å². The number of methoxy groups -OCH3 is 2. The number of para-hydroxylation sites is 1. The molecule has 2 amide bonds. The lowest BCUT2D eigenvalue weighted by Crippen LogP contribution is -2.14. The number of anilines is 2. The van der Waals surface area contributed by atoms with Gasteiger partial charge in [-0.05, 0) is 24.3 Å². The van der Waals surface area contributed by atoms with Crippen LogP contribution < -0.4 is 15.4 Å². The Balaban J connectivity index is 2.33. The summed E-state index contributed by atoms with van der Waals surface area (Å²) in [5, 5.41) is 13.2. The molecule has 0 saturated heterocycles. The van der Waals surface area contributed by atoms with Gasteiger partial charge in [0, 0.05) is 6.92 Å². The van der Waals surface area contributed by atoms with E-state index >= 15 is 0 Å². The molecule has 0 bridgehead atoms. The van der Waals surface area contributed by atoms with E-state index in [9.17, 15) is 9.59 Å². The summed E-state index contributed by atoms with van der Waals surface area (Å²) < 4.78 is 9.71. The molecule has 2 rings (SSSR count). The molecular formula is C16H17N5O4. The number of aromatic nitrogens is 1. The second-order valence-electron chi connectivity index (χ2n) is 4.73. The maximum atomic E-state index is 11.4. The molecule has 25 heavy (non-hydrogen) atoms. The van der Waals surface area contributed by atoms with E-state index in [2.05, 4.69) is 30.6 Å². The minimum Gasteiger partial charge on any atom is -0.494 e. The minimum atomic E-state index is -0.676. The number of ether oxygens (including phenoxy) is 2. The maximum Gasteiger partial charge on any atom is 0.412 e. The van der Waals surface area contributed by atoms with Crippen molar-refractivity contribution in [3.63, 3.8) is 0 Å². The summed E-state index contributed by atoms with van der Waals surface area (Å²) in [6.07, 6.45) is -0.676. The highest BCUT2D eigenvalue weighted by atomic mass is 16.5. The highest BCUT2D eigenvalue weighted by Gasteiger charge is 2.10. The Morgan fingerprint density at radius 1 is 1.00 bits per heavy atom. The zero-order chi connectivity index (χ0) is 18.2. The van der Waals surface area contributed by atoms with Crippen molar-refractivity contribution in [2.75, 3.05) is 24.9 Å².